The number of nitrogens with zero attached hydrogens (tertiary/aromatic N) is 4. The van der Waals surface area contributed by atoms with Gasteiger partial charge in [-0.1, -0.05) is 79.5 Å². The standard InChI is InChI=1S/C31H33BClN4O3SSi/c1-42(2,3)16-15-39-21-37-20-27(30(40-41-32)23-7-6-14-34-17-23)35-31(37)29(38)26-19-36(28-9-5-4-8-25(26)28)18-22-10-12-24(33)13-11-22/h4-14,17,19-20,30,32H,15-16,18,21H2,1-3H3/i32T. The number of halogens is 1. The fraction of sp³-hybridized carbons (Fsp3) is 0.258. The minimum Gasteiger partial charge on any atom is -0.361 e. The molecule has 0 amide bonds. The molecule has 0 saturated carbocycles. The zero-order valence-electron chi connectivity index (χ0n) is 24.9. The Balaban J connectivity index is 1.53. The molecule has 0 fully saturated rings. The zero-order chi connectivity index (χ0) is 30.4. The monoisotopic (exact) mass is 617 g/mol. The second-order valence-electron chi connectivity index (χ2n) is 11.3. The third kappa shape index (κ3) is 7.25. The summed E-state index contributed by atoms with van der Waals surface area (Å²) in [6.07, 6.45) is 6.44. The summed E-state index contributed by atoms with van der Waals surface area (Å²) in [5.41, 5.74) is 3.87. The topological polar surface area (TPSA) is 71.2 Å². The molecule has 42 heavy (non-hydrogen) atoms. The highest BCUT2D eigenvalue weighted by Crippen LogP contribution is 2.30. The summed E-state index contributed by atoms with van der Waals surface area (Å²) < 4.78 is 23.3. The van der Waals surface area contributed by atoms with Gasteiger partial charge in [0.15, 0.2) is 5.82 Å². The largest absolute Gasteiger partial charge is 0.361 e. The molecule has 3 heterocycles. The van der Waals surface area contributed by atoms with E-state index in [4.69, 9.17) is 26.8 Å². The van der Waals surface area contributed by atoms with Gasteiger partial charge in [0.1, 0.15) is 12.8 Å². The third-order valence-corrected chi connectivity index (χ3v) is 9.19. The van der Waals surface area contributed by atoms with Gasteiger partial charge in [-0.25, -0.2) is 4.98 Å². The molecular weight excluding hydrogens is 583 g/mol. The van der Waals surface area contributed by atoms with E-state index in [1.165, 1.54) is 0 Å². The first-order valence-corrected chi connectivity index (χ1v) is 18.6. The highest BCUT2D eigenvalue weighted by atomic mass is 35.5. The van der Waals surface area contributed by atoms with Crippen LogP contribution in [0.3, 0.4) is 0 Å². The molecule has 0 N–H and O–H groups in total. The van der Waals surface area contributed by atoms with Gasteiger partial charge in [-0.3, -0.25) is 9.78 Å². The van der Waals surface area contributed by atoms with Crippen LogP contribution in [-0.2, 0) is 22.2 Å². The number of hydrogen-bond donors (Lipinski definition) is 0. The van der Waals surface area contributed by atoms with Gasteiger partial charge >= 0.3 is 0 Å². The van der Waals surface area contributed by atoms with Crippen molar-refractivity contribution in [3.63, 3.8) is 0 Å². The Morgan fingerprint density at radius 2 is 1.90 bits per heavy atom. The van der Waals surface area contributed by atoms with Crippen LogP contribution in [0.15, 0.2) is 85.5 Å². The van der Waals surface area contributed by atoms with Crippen LogP contribution in [0, 0.1) is 0 Å². The Kier molecular flexibility index (Phi) is 9.26. The first kappa shape index (κ1) is 28.9. The highest BCUT2D eigenvalue weighted by molar-refractivity contribution is 8.15. The van der Waals surface area contributed by atoms with Crippen molar-refractivity contribution in [3.05, 3.63) is 119 Å². The van der Waals surface area contributed by atoms with Crippen LogP contribution in [0.5, 0.6) is 0 Å². The van der Waals surface area contributed by atoms with E-state index in [2.05, 4.69) is 29.2 Å². The number of imidazole rings is 1. The van der Waals surface area contributed by atoms with E-state index < -0.39 is 14.2 Å². The lowest BCUT2D eigenvalue weighted by atomic mass is 10.1. The number of ketones is 1. The number of carbonyl (C=O) groups is 1. The van der Waals surface area contributed by atoms with Gasteiger partial charge in [-0.05, 0) is 37.2 Å². The molecule has 0 spiro atoms. The lowest BCUT2D eigenvalue weighted by Crippen LogP contribution is -2.22. The molecule has 0 aliphatic rings. The lowest BCUT2D eigenvalue weighted by Gasteiger charge is -2.16. The van der Waals surface area contributed by atoms with Crippen molar-refractivity contribution in [2.45, 2.75) is 45.1 Å². The maximum Gasteiger partial charge on any atom is 0.230 e. The minimum absolute atomic E-state index is 0.180. The summed E-state index contributed by atoms with van der Waals surface area (Å²) >= 11 is 7.00. The second-order valence-corrected chi connectivity index (χ2v) is 17.8. The highest BCUT2D eigenvalue weighted by Gasteiger charge is 2.26. The van der Waals surface area contributed by atoms with Crippen LogP contribution in [0.4, 0.5) is 0 Å². The number of ether oxygens (including phenoxy) is 1. The number of hydrogen-bond acceptors (Lipinski definition) is 6. The van der Waals surface area contributed by atoms with E-state index in [1.807, 2.05) is 66.9 Å². The van der Waals surface area contributed by atoms with Gasteiger partial charge in [0.25, 0.3) is 0 Å². The molecule has 11 heteroatoms. The number of fused-ring (bicyclic) bond motifs is 1. The van der Waals surface area contributed by atoms with Crippen molar-refractivity contribution in [1.29, 1.82) is 1.34 Å². The summed E-state index contributed by atoms with van der Waals surface area (Å²) in [6, 6.07) is 20.3. The molecule has 0 saturated heterocycles. The summed E-state index contributed by atoms with van der Waals surface area (Å²) in [4.78, 5) is 23.4. The average Bonchev–Trinajstić information content (AvgIpc) is 3.58. The smallest absolute Gasteiger partial charge is 0.230 e. The molecule has 215 valence electrons. The van der Waals surface area contributed by atoms with Crippen molar-refractivity contribution in [1.82, 2.24) is 19.1 Å². The van der Waals surface area contributed by atoms with E-state index in [9.17, 15) is 4.79 Å². The van der Waals surface area contributed by atoms with Crippen LogP contribution >= 0.6 is 23.5 Å². The summed E-state index contributed by atoms with van der Waals surface area (Å²) in [6.45, 7) is 8.27. The first-order valence-electron chi connectivity index (χ1n) is 14.3. The Bertz CT molecular complexity index is 1680. The van der Waals surface area contributed by atoms with Crippen LogP contribution in [0.25, 0.3) is 10.9 Å². The number of rotatable bonds is 14. The molecule has 5 aromatic rings. The summed E-state index contributed by atoms with van der Waals surface area (Å²) in [7, 11) is -0.184. The Labute approximate surface area is 259 Å². The Hall–Kier alpha value is -3.15. The number of para-hydroxylation sites is 1. The molecule has 0 aliphatic heterocycles. The number of aromatic nitrogens is 4. The van der Waals surface area contributed by atoms with Crippen LogP contribution in [-0.4, -0.2) is 48.0 Å². The molecule has 3 aromatic heterocycles. The van der Waals surface area contributed by atoms with E-state index >= 15 is 0 Å². The number of benzene rings is 2. The predicted octanol–water partition coefficient (Wildman–Crippen LogP) is 7.05. The molecule has 0 aliphatic carbocycles. The van der Waals surface area contributed by atoms with Crippen molar-refractivity contribution < 1.29 is 13.7 Å². The van der Waals surface area contributed by atoms with Crippen molar-refractivity contribution in [3.8, 4) is 0 Å². The number of pyridine rings is 1. The fourth-order valence-electron chi connectivity index (χ4n) is 4.71. The van der Waals surface area contributed by atoms with E-state index in [0.717, 1.165) is 47.1 Å². The van der Waals surface area contributed by atoms with E-state index in [-0.39, 0.29) is 18.3 Å². The van der Waals surface area contributed by atoms with Crippen LogP contribution in [0.1, 0.15) is 39.1 Å². The lowest BCUT2D eigenvalue weighted by molar-refractivity contribution is 0.0812. The molecule has 1 unspecified atom stereocenters. The summed E-state index contributed by atoms with van der Waals surface area (Å²) in [5.74, 6) is 0.0467. The molecule has 7 nitrogen and oxygen atoms in total. The zero-order valence-corrected chi connectivity index (χ0v) is 26.4. The van der Waals surface area contributed by atoms with E-state index in [0.29, 0.717) is 29.4 Å². The van der Waals surface area contributed by atoms with Crippen molar-refractivity contribution in [2.24, 2.45) is 0 Å². The normalized spacial score (nSPS) is 12.8. The number of carbonyl (C=O) groups excluding carboxylic acids is 1. The molecule has 2 aromatic carbocycles. The quantitative estimate of drug-likeness (QED) is 0.0576. The van der Waals surface area contributed by atoms with Crippen LogP contribution in [0.2, 0.25) is 30.7 Å². The van der Waals surface area contributed by atoms with Gasteiger partial charge in [0.05, 0.1) is 11.3 Å². The average molecular weight is 618 g/mol. The van der Waals surface area contributed by atoms with Crippen molar-refractivity contribution >= 4 is 55.3 Å². The maximum absolute atomic E-state index is 14.3. The Morgan fingerprint density at radius 1 is 1.10 bits per heavy atom. The molecule has 1 atom stereocenters. The second kappa shape index (κ2) is 13.4. The van der Waals surface area contributed by atoms with Gasteiger partial charge in [0, 0.05) is 67.5 Å². The SMILES string of the molecule is [3H][B]SOC(c1cccnc1)c1cn(COCC[Si](C)(C)C)c(C(=O)c2cn(Cc3ccc(Cl)cc3)c3ccccc23)n1. The van der Waals surface area contributed by atoms with Crippen molar-refractivity contribution in [2.75, 3.05) is 6.61 Å². The maximum atomic E-state index is 14.3. The fourth-order valence-corrected chi connectivity index (χ4v) is 5.91. The van der Waals surface area contributed by atoms with Crippen LogP contribution < -0.4 is 0 Å². The van der Waals surface area contributed by atoms with E-state index in [1.54, 1.807) is 23.2 Å². The molecular formula is C31H33BClN4O3SSi. The Morgan fingerprint density at radius 3 is 2.64 bits per heavy atom. The summed E-state index contributed by atoms with van der Waals surface area (Å²) in [5, 5.41) is 1.52. The molecule has 0 bridgehead atoms. The molecule has 5 rings (SSSR count). The van der Waals surface area contributed by atoms with Gasteiger partial charge in [-0.2, -0.15) is 0 Å². The third-order valence-electron chi connectivity index (χ3n) is 6.93. The molecule has 1 radical (unpaired) electrons. The van der Waals surface area contributed by atoms with Gasteiger partial charge in [0.2, 0.25) is 12.9 Å². The minimum atomic E-state index is -1.30. The predicted molar refractivity (Wildman–Crippen MR) is 174 cm³/mol. The van der Waals surface area contributed by atoms with Gasteiger partial charge in [-0.15, -0.1) is 0 Å². The van der Waals surface area contributed by atoms with Gasteiger partial charge < -0.3 is 18.1 Å². The first-order chi connectivity index (χ1) is 20.7.